The van der Waals surface area contributed by atoms with Crippen LogP contribution in [0.25, 0.3) is 5.69 Å². The van der Waals surface area contributed by atoms with Gasteiger partial charge in [0.25, 0.3) is 5.91 Å². The van der Waals surface area contributed by atoms with Crippen LogP contribution in [0.1, 0.15) is 27.3 Å². The summed E-state index contributed by atoms with van der Waals surface area (Å²) in [5.74, 6) is 0.152. The van der Waals surface area contributed by atoms with Crippen LogP contribution in [0.15, 0.2) is 90.4 Å². The van der Waals surface area contributed by atoms with Crippen LogP contribution in [-0.4, -0.2) is 21.4 Å². The quantitative estimate of drug-likeness (QED) is 0.360. The van der Waals surface area contributed by atoms with E-state index in [0.29, 0.717) is 35.0 Å². The van der Waals surface area contributed by atoms with Crippen molar-refractivity contribution in [2.24, 2.45) is 0 Å². The lowest BCUT2D eigenvalue weighted by Crippen LogP contribution is -2.15. The lowest BCUT2D eigenvalue weighted by molar-refractivity contribution is -0.137. The standard InChI is InChI=1S/C27H23F3N4O2S/c1-17-13-22(18(2)34(17)24-11-4-3-10-23(24)27(28,29)30)26(35)32-20-8-5-9-21(14-20)36-16-19-7-6-12-33-25(19)15-31-37-33/h3-15,31H,16H2,1-2H3,(H,32,35). The molecular formula is C27H23F3N4O2S. The summed E-state index contributed by atoms with van der Waals surface area (Å²) in [4.78, 5) is 13.1. The highest BCUT2D eigenvalue weighted by Crippen LogP contribution is 2.36. The second-order valence-corrected chi connectivity index (χ2v) is 9.32. The molecule has 2 aromatic carbocycles. The Morgan fingerprint density at radius 1 is 1.11 bits per heavy atom. The predicted molar refractivity (Wildman–Crippen MR) is 138 cm³/mol. The highest BCUT2D eigenvalue weighted by atomic mass is 32.2. The number of alkyl halides is 3. The van der Waals surface area contributed by atoms with E-state index < -0.39 is 17.6 Å². The number of anilines is 1. The number of aryl methyl sites for hydroxylation is 1. The number of benzene rings is 2. The first-order valence-electron chi connectivity index (χ1n) is 11.4. The van der Waals surface area contributed by atoms with E-state index in [2.05, 4.69) is 10.0 Å². The zero-order valence-corrected chi connectivity index (χ0v) is 20.8. The van der Waals surface area contributed by atoms with E-state index in [1.165, 1.54) is 28.8 Å². The van der Waals surface area contributed by atoms with Crippen LogP contribution in [0.5, 0.6) is 5.75 Å². The number of carbonyl (C=O) groups excluding carboxylic acids is 1. The van der Waals surface area contributed by atoms with Gasteiger partial charge < -0.3 is 19.3 Å². The fourth-order valence-electron chi connectivity index (χ4n) is 4.34. The van der Waals surface area contributed by atoms with E-state index in [4.69, 9.17) is 4.74 Å². The predicted octanol–water partition coefficient (Wildman–Crippen LogP) is 6.51. The van der Waals surface area contributed by atoms with Crippen molar-refractivity contribution < 1.29 is 22.7 Å². The van der Waals surface area contributed by atoms with Crippen molar-refractivity contribution >= 4 is 23.7 Å². The molecule has 0 radical (unpaired) electrons. The molecule has 0 atom stereocenters. The second kappa shape index (κ2) is 9.78. The van der Waals surface area contributed by atoms with Crippen LogP contribution in [0, 0.1) is 13.8 Å². The Morgan fingerprint density at radius 2 is 1.92 bits per heavy atom. The summed E-state index contributed by atoms with van der Waals surface area (Å²) in [6.07, 6.45) is 3.26. The Bertz CT molecular complexity index is 1460. The fourth-order valence-corrected chi connectivity index (χ4v) is 5.01. The molecule has 3 aromatic rings. The molecule has 2 N–H and O–H groups in total. The summed E-state index contributed by atoms with van der Waals surface area (Å²) >= 11 is 1.47. The van der Waals surface area contributed by atoms with Crippen LogP contribution in [0.2, 0.25) is 0 Å². The number of amides is 1. The smallest absolute Gasteiger partial charge is 0.418 e. The van der Waals surface area contributed by atoms with Gasteiger partial charge in [0, 0.05) is 41.1 Å². The number of carbonyl (C=O) groups is 1. The third-order valence-electron chi connectivity index (χ3n) is 6.04. The summed E-state index contributed by atoms with van der Waals surface area (Å²) in [5.41, 5.74) is 2.98. The normalized spacial score (nSPS) is 14.6. The number of allylic oxidation sites excluding steroid dienone is 2. The van der Waals surface area contributed by atoms with E-state index in [1.807, 2.05) is 28.9 Å². The Labute approximate surface area is 216 Å². The van der Waals surface area contributed by atoms with E-state index in [9.17, 15) is 18.0 Å². The third kappa shape index (κ3) is 4.97. The number of fused-ring (bicyclic) bond motifs is 1. The topological polar surface area (TPSA) is 58.5 Å². The SMILES string of the molecule is Cc1cc(C(=O)Nc2cccc(OCC3=CC=CN4SNC=C34)c2)c(C)n1-c1ccccc1C(F)(F)F. The minimum Gasteiger partial charge on any atom is -0.489 e. The zero-order chi connectivity index (χ0) is 26.2. The van der Waals surface area contributed by atoms with E-state index >= 15 is 0 Å². The molecule has 2 aliphatic heterocycles. The third-order valence-corrected chi connectivity index (χ3v) is 6.78. The van der Waals surface area contributed by atoms with Crippen molar-refractivity contribution in [2.75, 3.05) is 11.9 Å². The zero-order valence-electron chi connectivity index (χ0n) is 20.0. The molecule has 10 heteroatoms. The number of rotatable bonds is 6. The average Bonchev–Trinajstić information content (AvgIpc) is 3.46. The molecule has 0 spiro atoms. The summed E-state index contributed by atoms with van der Waals surface area (Å²) in [6.45, 7) is 3.65. The Kier molecular flexibility index (Phi) is 6.51. The number of para-hydroxylation sites is 1. The average molecular weight is 525 g/mol. The lowest BCUT2D eigenvalue weighted by atomic mass is 10.1. The number of nitrogens with zero attached hydrogens (tertiary/aromatic N) is 2. The maximum atomic E-state index is 13.6. The van der Waals surface area contributed by atoms with Crippen molar-refractivity contribution in [2.45, 2.75) is 20.0 Å². The van der Waals surface area contributed by atoms with Crippen LogP contribution in [0.3, 0.4) is 0 Å². The highest BCUT2D eigenvalue weighted by Gasteiger charge is 2.34. The lowest BCUT2D eigenvalue weighted by Gasteiger charge is -2.20. The molecule has 0 bridgehead atoms. The molecule has 37 heavy (non-hydrogen) atoms. The van der Waals surface area contributed by atoms with Crippen LogP contribution in [0.4, 0.5) is 18.9 Å². The minimum atomic E-state index is -4.52. The molecule has 1 amide bonds. The number of aromatic nitrogens is 1. The molecule has 190 valence electrons. The van der Waals surface area contributed by atoms with Gasteiger partial charge in [-0.25, -0.2) is 0 Å². The first-order valence-corrected chi connectivity index (χ1v) is 12.2. The van der Waals surface area contributed by atoms with Crippen LogP contribution in [-0.2, 0) is 6.18 Å². The number of halogens is 3. The number of nitrogens with one attached hydrogen (secondary N) is 2. The number of ether oxygens (including phenoxy) is 1. The number of hydrogen-bond acceptors (Lipinski definition) is 5. The molecule has 1 aromatic heterocycles. The molecular weight excluding hydrogens is 501 g/mol. The Morgan fingerprint density at radius 3 is 2.73 bits per heavy atom. The molecule has 0 saturated heterocycles. The molecule has 3 heterocycles. The van der Waals surface area contributed by atoms with Gasteiger partial charge in [-0.05, 0) is 50.3 Å². The molecule has 0 fully saturated rings. The van der Waals surface area contributed by atoms with Gasteiger partial charge in [0.1, 0.15) is 12.4 Å². The fraction of sp³-hybridized carbons (Fsp3) is 0.148. The molecule has 6 nitrogen and oxygen atoms in total. The van der Waals surface area contributed by atoms with E-state index in [1.54, 1.807) is 50.2 Å². The monoisotopic (exact) mass is 524 g/mol. The van der Waals surface area contributed by atoms with Gasteiger partial charge in [-0.3, -0.25) is 9.10 Å². The van der Waals surface area contributed by atoms with Gasteiger partial charge in [0.15, 0.2) is 0 Å². The summed E-state index contributed by atoms with van der Waals surface area (Å²) < 4.78 is 53.4. The van der Waals surface area contributed by atoms with Gasteiger partial charge in [0.05, 0.1) is 34.6 Å². The maximum absolute atomic E-state index is 13.6. The van der Waals surface area contributed by atoms with Gasteiger partial charge in [-0.2, -0.15) is 13.2 Å². The molecule has 0 aliphatic carbocycles. The summed E-state index contributed by atoms with van der Waals surface area (Å²) in [5, 5.41) is 2.84. The molecule has 0 unspecified atom stereocenters. The van der Waals surface area contributed by atoms with Gasteiger partial charge >= 0.3 is 6.18 Å². The van der Waals surface area contributed by atoms with Crippen LogP contribution >= 0.6 is 12.1 Å². The van der Waals surface area contributed by atoms with E-state index in [0.717, 1.165) is 17.3 Å². The van der Waals surface area contributed by atoms with Gasteiger partial charge in [-0.15, -0.1) is 0 Å². The first-order chi connectivity index (χ1) is 17.7. The maximum Gasteiger partial charge on any atom is 0.418 e. The molecule has 2 aliphatic rings. The largest absolute Gasteiger partial charge is 0.489 e. The Balaban J connectivity index is 1.33. The second-order valence-electron chi connectivity index (χ2n) is 8.50. The molecule has 0 saturated carbocycles. The highest BCUT2D eigenvalue weighted by molar-refractivity contribution is 7.95. The van der Waals surface area contributed by atoms with Crippen molar-refractivity contribution in [1.29, 1.82) is 0 Å². The van der Waals surface area contributed by atoms with Crippen molar-refractivity contribution in [1.82, 2.24) is 13.6 Å². The minimum absolute atomic E-state index is 0.0177. The molecule has 5 rings (SSSR count). The van der Waals surface area contributed by atoms with Crippen molar-refractivity contribution in [3.8, 4) is 11.4 Å². The van der Waals surface area contributed by atoms with Crippen molar-refractivity contribution in [3.05, 3.63) is 113 Å². The van der Waals surface area contributed by atoms with Gasteiger partial charge in [-0.1, -0.05) is 24.3 Å². The van der Waals surface area contributed by atoms with Gasteiger partial charge in [0.2, 0.25) is 0 Å². The summed E-state index contributed by atoms with van der Waals surface area (Å²) in [7, 11) is 0. The first kappa shape index (κ1) is 24.6. The van der Waals surface area contributed by atoms with E-state index in [-0.39, 0.29) is 5.69 Å². The Hall–Kier alpha value is -4.05. The van der Waals surface area contributed by atoms with Crippen LogP contribution < -0.4 is 14.8 Å². The summed E-state index contributed by atoms with van der Waals surface area (Å²) in [6, 6.07) is 13.9. The number of hydrogen-bond donors (Lipinski definition) is 2. The van der Waals surface area contributed by atoms with Crippen molar-refractivity contribution in [3.63, 3.8) is 0 Å².